The van der Waals surface area contributed by atoms with E-state index >= 15 is 0 Å². The van der Waals surface area contributed by atoms with Crippen LogP contribution < -0.4 is 5.32 Å². The van der Waals surface area contributed by atoms with Gasteiger partial charge in [0.1, 0.15) is 11.9 Å². The first kappa shape index (κ1) is 15.3. The SMILES string of the molecule is Cc1ccc(C(=O)NC(C)CC(O)c2ccco2)cc1C. The molecule has 2 unspecified atom stereocenters. The fourth-order valence-electron chi connectivity index (χ4n) is 2.18. The normalized spacial score (nSPS) is 13.7. The molecule has 21 heavy (non-hydrogen) atoms. The second-order valence-electron chi connectivity index (χ2n) is 5.44. The number of aliphatic hydroxyl groups excluding tert-OH is 1. The van der Waals surface area contributed by atoms with Crippen LogP contribution in [-0.4, -0.2) is 17.1 Å². The molecule has 4 heteroatoms. The predicted molar refractivity (Wildman–Crippen MR) is 81.1 cm³/mol. The maximum absolute atomic E-state index is 12.2. The summed E-state index contributed by atoms with van der Waals surface area (Å²) in [5.41, 5.74) is 2.89. The molecule has 0 aliphatic heterocycles. The van der Waals surface area contributed by atoms with Crippen molar-refractivity contribution in [2.24, 2.45) is 0 Å². The number of benzene rings is 1. The summed E-state index contributed by atoms with van der Waals surface area (Å²) in [6, 6.07) is 8.93. The molecule has 0 bridgehead atoms. The largest absolute Gasteiger partial charge is 0.467 e. The lowest BCUT2D eigenvalue weighted by molar-refractivity contribution is 0.0903. The molecule has 1 aromatic carbocycles. The number of amides is 1. The highest BCUT2D eigenvalue weighted by molar-refractivity contribution is 5.94. The smallest absolute Gasteiger partial charge is 0.251 e. The van der Waals surface area contributed by atoms with Gasteiger partial charge >= 0.3 is 0 Å². The Kier molecular flexibility index (Phi) is 4.81. The molecule has 1 heterocycles. The van der Waals surface area contributed by atoms with Crippen molar-refractivity contribution in [1.82, 2.24) is 5.32 Å². The van der Waals surface area contributed by atoms with Crippen LogP contribution in [0.5, 0.6) is 0 Å². The zero-order valence-corrected chi connectivity index (χ0v) is 12.6. The number of rotatable bonds is 5. The van der Waals surface area contributed by atoms with Crippen LogP contribution in [0.2, 0.25) is 0 Å². The Balaban J connectivity index is 1.94. The van der Waals surface area contributed by atoms with Crippen LogP contribution in [0.3, 0.4) is 0 Å². The summed E-state index contributed by atoms with van der Waals surface area (Å²) in [7, 11) is 0. The minimum absolute atomic E-state index is 0.128. The molecule has 0 aliphatic carbocycles. The van der Waals surface area contributed by atoms with Crippen molar-refractivity contribution >= 4 is 5.91 Å². The number of hydrogen-bond acceptors (Lipinski definition) is 3. The Bertz CT molecular complexity index is 605. The first-order valence-corrected chi connectivity index (χ1v) is 7.07. The molecular formula is C17H21NO3. The predicted octanol–water partition coefficient (Wildman–Crippen LogP) is 3.14. The molecule has 2 atom stereocenters. The Hall–Kier alpha value is -2.07. The summed E-state index contributed by atoms with van der Waals surface area (Å²) in [6.45, 7) is 5.86. The van der Waals surface area contributed by atoms with Gasteiger partial charge in [-0.2, -0.15) is 0 Å². The average Bonchev–Trinajstić information content (AvgIpc) is 2.95. The summed E-state index contributed by atoms with van der Waals surface area (Å²) >= 11 is 0. The van der Waals surface area contributed by atoms with E-state index in [1.165, 1.54) is 6.26 Å². The van der Waals surface area contributed by atoms with Gasteiger partial charge in [-0.05, 0) is 56.2 Å². The molecule has 2 aromatic rings. The molecule has 112 valence electrons. The fraction of sp³-hybridized carbons (Fsp3) is 0.353. The van der Waals surface area contributed by atoms with E-state index in [0.29, 0.717) is 17.7 Å². The molecule has 0 saturated carbocycles. The van der Waals surface area contributed by atoms with Crippen molar-refractivity contribution in [3.63, 3.8) is 0 Å². The summed E-state index contributed by atoms with van der Waals surface area (Å²) in [5, 5.41) is 12.9. The van der Waals surface area contributed by atoms with Gasteiger partial charge in [0, 0.05) is 18.0 Å². The van der Waals surface area contributed by atoms with Crippen LogP contribution in [0.1, 0.15) is 46.7 Å². The van der Waals surface area contributed by atoms with E-state index in [1.54, 1.807) is 12.1 Å². The second kappa shape index (κ2) is 6.59. The molecular weight excluding hydrogens is 266 g/mol. The average molecular weight is 287 g/mol. The number of nitrogens with one attached hydrogen (secondary N) is 1. The topological polar surface area (TPSA) is 62.5 Å². The van der Waals surface area contributed by atoms with Gasteiger partial charge in [0.2, 0.25) is 0 Å². The quantitative estimate of drug-likeness (QED) is 0.888. The molecule has 4 nitrogen and oxygen atoms in total. The maximum atomic E-state index is 12.2. The van der Waals surface area contributed by atoms with Gasteiger partial charge in [0.25, 0.3) is 5.91 Å². The third-order valence-corrected chi connectivity index (χ3v) is 3.60. The first-order chi connectivity index (χ1) is 9.97. The van der Waals surface area contributed by atoms with E-state index in [-0.39, 0.29) is 11.9 Å². The molecule has 2 N–H and O–H groups in total. The van der Waals surface area contributed by atoms with Gasteiger partial charge in [0.15, 0.2) is 0 Å². The standard InChI is InChI=1S/C17H21NO3/c1-11-6-7-14(9-12(11)2)17(20)18-13(3)10-15(19)16-5-4-8-21-16/h4-9,13,15,19H,10H2,1-3H3,(H,18,20). The number of carbonyl (C=O) groups excluding carboxylic acids is 1. The lowest BCUT2D eigenvalue weighted by Crippen LogP contribution is -2.33. The number of furan rings is 1. The van der Waals surface area contributed by atoms with Crippen molar-refractivity contribution in [2.75, 3.05) is 0 Å². The molecule has 0 radical (unpaired) electrons. The Morgan fingerprint density at radius 1 is 1.29 bits per heavy atom. The van der Waals surface area contributed by atoms with Crippen LogP contribution in [0.15, 0.2) is 41.0 Å². The number of aryl methyl sites for hydroxylation is 2. The lowest BCUT2D eigenvalue weighted by atomic mass is 10.0. The molecule has 1 aromatic heterocycles. The van der Waals surface area contributed by atoms with Crippen molar-refractivity contribution in [3.8, 4) is 0 Å². The second-order valence-corrected chi connectivity index (χ2v) is 5.44. The van der Waals surface area contributed by atoms with Crippen molar-refractivity contribution in [3.05, 3.63) is 59.0 Å². The monoisotopic (exact) mass is 287 g/mol. The molecule has 0 fully saturated rings. The van der Waals surface area contributed by atoms with E-state index in [4.69, 9.17) is 4.42 Å². The minimum atomic E-state index is -0.713. The highest BCUT2D eigenvalue weighted by atomic mass is 16.4. The van der Waals surface area contributed by atoms with Crippen molar-refractivity contribution in [2.45, 2.75) is 39.3 Å². The Morgan fingerprint density at radius 2 is 2.05 bits per heavy atom. The fourth-order valence-corrected chi connectivity index (χ4v) is 2.18. The molecule has 0 spiro atoms. The first-order valence-electron chi connectivity index (χ1n) is 7.07. The van der Waals surface area contributed by atoms with Gasteiger partial charge in [-0.1, -0.05) is 6.07 Å². The summed E-state index contributed by atoms with van der Waals surface area (Å²) in [6.07, 6.45) is 1.22. The van der Waals surface area contributed by atoms with Crippen LogP contribution in [0.4, 0.5) is 0 Å². The van der Waals surface area contributed by atoms with Gasteiger partial charge in [0.05, 0.1) is 6.26 Å². The van der Waals surface area contributed by atoms with Crippen LogP contribution >= 0.6 is 0 Å². The van der Waals surface area contributed by atoms with E-state index in [1.807, 2.05) is 39.0 Å². The Morgan fingerprint density at radius 3 is 2.67 bits per heavy atom. The van der Waals surface area contributed by atoms with E-state index < -0.39 is 6.10 Å². The summed E-state index contributed by atoms with van der Waals surface area (Å²) < 4.78 is 5.15. The van der Waals surface area contributed by atoms with Crippen LogP contribution in [0.25, 0.3) is 0 Å². The van der Waals surface area contributed by atoms with Crippen molar-refractivity contribution in [1.29, 1.82) is 0 Å². The summed E-state index contributed by atoms with van der Waals surface area (Å²) in [4.78, 5) is 12.2. The lowest BCUT2D eigenvalue weighted by Gasteiger charge is -2.17. The van der Waals surface area contributed by atoms with Crippen LogP contribution in [0, 0.1) is 13.8 Å². The number of hydrogen-bond donors (Lipinski definition) is 2. The highest BCUT2D eigenvalue weighted by Crippen LogP contribution is 2.18. The van der Waals surface area contributed by atoms with E-state index in [2.05, 4.69) is 5.32 Å². The van der Waals surface area contributed by atoms with Gasteiger partial charge in [-0.3, -0.25) is 4.79 Å². The van der Waals surface area contributed by atoms with Gasteiger partial charge < -0.3 is 14.8 Å². The zero-order valence-electron chi connectivity index (χ0n) is 12.6. The van der Waals surface area contributed by atoms with E-state index in [9.17, 15) is 9.90 Å². The maximum Gasteiger partial charge on any atom is 0.251 e. The summed E-state index contributed by atoms with van der Waals surface area (Å²) in [5.74, 6) is 0.388. The molecule has 2 rings (SSSR count). The highest BCUT2D eigenvalue weighted by Gasteiger charge is 2.17. The Labute approximate surface area is 124 Å². The molecule has 0 saturated heterocycles. The van der Waals surface area contributed by atoms with Gasteiger partial charge in [-0.15, -0.1) is 0 Å². The number of carbonyl (C=O) groups is 1. The zero-order chi connectivity index (χ0) is 15.4. The third-order valence-electron chi connectivity index (χ3n) is 3.60. The number of aliphatic hydroxyl groups is 1. The minimum Gasteiger partial charge on any atom is -0.467 e. The van der Waals surface area contributed by atoms with Crippen LogP contribution in [-0.2, 0) is 0 Å². The van der Waals surface area contributed by atoms with Gasteiger partial charge in [-0.25, -0.2) is 0 Å². The third kappa shape index (κ3) is 3.95. The molecule has 1 amide bonds. The van der Waals surface area contributed by atoms with E-state index in [0.717, 1.165) is 11.1 Å². The van der Waals surface area contributed by atoms with Crippen molar-refractivity contribution < 1.29 is 14.3 Å². The molecule has 0 aliphatic rings.